The Bertz CT molecular complexity index is 975. The van der Waals surface area contributed by atoms with Crippen molar-refractivity contribution < 1.29 is 19.2 Å². The molecule has 0 amide bonds. The molecule has 0 unspecified atom stereocenters. The molecule has 0 saturated carbocycles. The standard InChI is InChI=1S/C16H6N4O4/c21-7-17-13-6-12(11-4-2-1-3-5-11)14(18-8-22)16(20-10-24)15(13)19-9-23/h1-6H. The second-order valence-corrected chi connectivity index (χ2v) is 4.17. The van der Waals surface area contributed by atoms with Crippen molar-refractivity contribution >= 4 is 47.1 Å². The molecule has 0 aliphatic heterocycles. The molecule has 2 aromatic carbocycles. The minimum atomic E-state index is -0.259. The third-order valence-corrected chi connectivity index (χ3v) is 2.95. The van der Waals surface area contributed by atoms with Crippen LogP contribution in [-0.2, 0) is 19.2 Å². The molecule has 0 atom stereocenters. The van der Waals surface area contributed by atoms with Crippen LogP contribution < -0.4 is 0 Å². The van der Waals surface area contributed by atoms with Crippen molar-refractivity contribution in [1.29, 1.82) is 0 Å². The van der Waals surface area contributed by atoms with Crippen molar-refractivity contribution in [2.24, 2.45) is 20.0 Å². The van der Waals surface area contributed by atoms with Crippen LogP contribution in [0.2, 0.25) is 0 Å². The lowest BCUT2D eigenvalue weighted by atomic mass is 10.0. The van der Waals surface area contributed by atoms with Gasteiger partial charge in [-0.2, -0.15) is 20.0 Å². The Kier molecular flexibility index (Phi) is 5.32. The molecular weight excluding hydrogens is 312 g/mol. The van der Waals surface area contributed by atoms with Crippen molar-refractivity contribution in [2.75, 3.05) is 0 Å². The van der Waals surface area contributed by atoms with Gasteiger partial charge >= 0.3 is 0 Å². The molecular formula is C16H6N4O4. The van der Waals surface area contributed by atoms with Crippen LogP contribution in [0.3, 0.4) is 0 Å². The molecule has 0 bridgehead atoms. The summed E-state index contributed by atoms with van der Waals surface area (Å²) in [5.41, 5.74) is 0.242. The van der Waals surface area contributed by atoms with Gasteiger partial charge in [0.2, 0.25) is 24.3 Å². The molecule has 0 heterocycles. The molecule has 8 nitrogen and oxygen atoms in total. The van der Waals surface area contributed by atoms with Crippen LogP contribution in [0.25, 0.3) is 11.1 Å². The fraction of sp³-hybridized carbons (Fsp3) is 0. The Morgan fingerprint density at radius 2 is 1.17 bits per heavy atom. The molecule has 2 aromatic rings. The van der Waals surface area contributed by atoms with Crippen LogP contribution in [0.15, 0.2) is 56.4 Å². The van der Waals surface area contributed by atoms with Crippen LogP contribution in [0.5, 0.6) is 0 Å². The first-order valence-electron chi connectivity index (χ1n) is 6.34. The van der Waals surface area contributed by atoms with E-state index in [2.05, 4.69) is 20.0 Å². The van der Waals surface area contributed by atoms with Gasteiger partial charge in [-0.25, -0.2) is 19.2 Å². The van der Waals surface area contributed by atoms with E-state index < -0.39 is 0 Å². The third kappa shape index (κ3) is 3.24. The predicted octanol–water partition coefficient (Wildman–Crippen LogP) is 3.22. The van der Waals surface area contributed by atoms with Crippen molar-refractivity contribution in [3.63, 3.8) is 0 Å². The number of hydrogen-bond donors (Lipinski definition) is 0. The average molecular weight is 318 g/mol. The van der Waals surface area contributed by atoms with Crippen LogP contribution in [-0.4, -0.2) is 24.3 Å². The zero-order valence-corrected chi connectivity index (χ0v) is 11.9. The molecule has 2 rings (SSSR count). The van der Waals surface area contributed by atoms with Gasteiger partial charge in [-0.15, -0.1) is 0 Å². The van der Waals surface area contributed by atoms with Gasteiger partial charge in [-0.3, -0.25) is 0 Å². The van der Waals surface area contributed by atoms with Gasteiger partial charge in [-0.1, -0.05) is 30.3 Å². The smallest absolute Gasteiger partial charge is 0.211 e. The van der Waals surface area contributed by atoms with Gasteiger partial charge in [0, 0.05) is 5.56 Å². The minimum Gasteiger partial charge on any atom is -0.211 e. The Morgan fingerprint density at radius 3 is 1.75 bits per heavy atom. The molecule has 114 valence electrons. The van der Waals surface area contributed by atoms with E-state index in [0.29, 0.717) is 11.1 Å². The van der Waals surface area contributed by atoms with Gasteiger partial charge < -0.3 is 0 Å². The fourth-order valence-corrected chi connectivity index (χ4v) is 2.07. The van der Waals surface area contributed by atoms with E-state index in [1.165, 1.54) is 30.4 Å². The lowest BCUT2D eigenvalue weighted by molar-refractivity contribution is 0.563. The van der Waals surface area contributed by atoms with Gasteiger partial charge in [-0.05, 0) is 11.6 Å². The second-order valence-electron chi connectivity index (χ2n) is 4.17. The molecule has 0 aliphatic carbocycles. The molecule has 0 N–H and O–H groups in total. The largest absolute Gasteiger partial charge is 0.240 e. The predicted molar refractivity (Wildman–Crippen MR) is 83.0 cm³/mol. The highest BCUT2D eigenvalue weighted by Crippen LogP contribution is 2.49. The summed E-state index contributed by atoms with van der Waals surface area (Å²) >= 11 is 0. The van der Waals surface area contributed by atoms with Gasteiger partial charge in [0.1, 0.15) is 22.7 Å². The lowest BCUT2D eigenvalue weighted by Gasteiger charge is -2.10. The topological polar surface area (TPSA) is 118 Å². The highest BCUT2D eigenvalue weighted by Gasteiger charge is 2.19. The zero-order chi connectivity index (χ0) is 17.4. The first-order chi connectivity index (χ1) is 11.8. The number of rotatable bonds is 5. The number of isocyanates is 4. The quantitative estimate of drug-likeness (QED) is 0.621. The van der Waals surface area contributed by atoms with E-state index in [9.17, 15) is 19.2 Å². The van der Waals surface area contributed by atoms with Crippen LogP contribution in [0.1, 0.15) is 0 Å². The minimum absolute atomic E-state index is 0.0709. The molecule has 0 spiro atoms. The number of aliphatic imine (C=N–C) groups is 4. The second kappa shape index (κ2) is 7.82. The van der Waals surface area contributed by atoms with Crippen molar-refractivity contribution in [1.82, 2.24) is 0 Å². The van der Waals surface area contributed by atoms with E-state index in [-0.39, 0.29) is 22.7 Å². The normalized spacial score (nSPS) is 8.83. The van der Waals surface area contributed by atoms with E-state index in [1.807, 2.05) is 0 Å². The fourth-order valence-electron chi connectivity index (χ4n) is 2.07. The molecule has 0 aromatic heterocycles. The Balaban J connectivity index is 3.04. The number of nitrogens with zero attached hydrogens (tertiary/aromatic N) is 4. The molecule has 0 radical (unpaired) electrons. The van der Waals surface area contributed by atoms with Gasteiger partial charge in [0.15, 0.2) is 0 Å². The number of carbonyl (C=O) groups excluding carboxylic acids is 4. The zero-order valence-electron chi connectivity index (χ0n) is 11.9. The maximum atomic E-state index is 10.8. The van der Waals surface area contributed by atoms with Gasteiger partial charge in [0.25, 0.3) is 0 Å². The Morgan fingerprint density at radius 1 is 0.625 bits per heavy atom. The van der Waals surface area contributed by atoms with E-state index >= 15 is 0 Å². The summed E-state index contributed by atoms with van der Waals surface area (Å²) < 4.78 is 0. The molecule has 8 heteroatoms. The highest BCUT2D eigenvalue weighted by atomic mass is 16.1. The maximum absolute atomic E-state index is 10.8. The van der Waals surface area contributed by atoms with Gasteiger partial charge in [0.05, 0.1) is 0 Å². The first kappa shape index (κ1) is 16.3. The van der Waals surface area contributed by atoms with Crippen molar-refractivity contribution in [3.8, 4) is 11.1 Å². The average Bonchev–Trinajstić information content (AvgIpc) is 2.60. The Hall–Kier alpha value is -4.04. The SMILES string of the molecule is O=C=Nc1cc(-c2ccccc2)c(N=C=O)c(N=C=O)c1N=C=O. The summed E-state index contributed by atoms with van der Waals surface area (Å²) in [6, 6.07) is 9.98. The van der Waals surface area contributed by atoms with Crippen LogP contribution in [0, 0.1) is 0 Å². The molecule has 0 fully saturated rings. The van der Waals surface area contributed by atoms with Crippen LogP contribution in [0.4, 0.5) is 22.7 Å². The summed E-state index contributed by atoms with van der Waals surface area (Å²) in [5, 5.41) is 0. The summed E-state index contributed by atoms with van der Waals surface area (Å²) in [7, 11) is 0. The van der Waals surface area contributed by atoms with E-state index in [1.54, 1.807) is 30.3 Å². The van der Waals surface area contributed by atoms with E-state index in [4.69, 9.17) is 0 Å². The lowest BCUT2D eigenvalue weighted by Crippen LogP contribution is -1.83. The van der Waals surface area contributed by atoms with Crippen LogP contribution >= 0.6 is 0 Å². The summed E-state index contributed by atoms with van der Waals surface area (Å²) in [5.74, 6) is 0. The Labute approximate surface area is 134 Å². The third-order valence-electron chi connectivity index (χ3n) is 2.95. The summed E-state index contributed by atoms with van der Waals surface area (Å²) in [4.78, 5) is 56.6. The monoisotopic (exact) mass is 318 g/mol. The summed E-state index contributed by atoms with van der Waals surface area (Å²) in [6.45, 7) is 0. The maximum Gasteiger partial charge on any atom is 0.240 e. The number of hydrogen-bond acceptors (Lipinski definition) is 8. The molecule has 0 aliphatic rings. The number of benzene rings is 2. The first-order valence-corrected chi connectivity index (χ1v) is 6.34. The molecule has 0 saturated heterocycles. The van der Waals surface area contributed by atoms with Crippen molar-refractivity contribution in [3.05, 3.63) is 36.4 Å². The molecule has 24 heavy (non-hydrogen) atoms. The van der Waals surface area contributed by atoms with E-state index in [0.717, 1.165) is 0 Å². The summed E-state index contributed by atoms with van der Waals surface area (Å²) in [6.07, 6.45) is 5.22. The highest BCUT2D eigenvalue weighted by molar-refractivity contribution is 5.97. The van der Waals surface area contributed by atoms with Crippen molar-refractivity contribution in [2.45, 2.75) is 0 Å².